The second-order valence-corrected chi connectivity index (χ2v) is 7.78. The van der Waals surface area contributed by atoms with Gasteiger partial charge in [0.25, 0.3) is 0 Å². The fraction of sp³-hybridized carbons (Fsp3) is 0.391. The maximum atomic E-state index is 12.6. The highest BCUT2D eigenvalue weighted by molar-refractivity contribution is 5.86. The molecule has 1 aliphatic heterocycles. The minimum Gasteiger partial charge on any atom is -0.381 e. The molecule has 2 aliphatic rings. The average Bonchev–Trinajstić information content (AvgIpc) is 2.73. The number of rotatable bonds is 4. The van der Waals surface area contributed by atoms with Crippen molar-refractivity contribution in [3.05, 3.63) is 59.2 Å². The number of hydrogen-bond acceptors (Lipinski definition) is 4. The number of nitriles is 1. The quantitative estimate of drug-likeness (QED) is 0.859. The molecule has 0 spiro atoms. The Labute approximate surface area is 165 Å². The molecule has 1 heterocycles. The van der Waals surface area contributed by atoms with Gasteiger partial charge in [-0.15, -0.1) is 0 Å². The summed E-state index contributed by atoms with van der Waals surface area (Å²) in [6, 6.07) is 16.5. The van der Waals surface area contributed by atoms with Gasteiger partial charge in [0.1, 0.15) is 6.04 Å². The molecule has 1 fully saturated rings. The van der Waals surface area contributed by atoms with Gasteiger partial charge in [0.05, 0.1) is 11.6 Å². The molecule has 1 unspecified atom stereocenters. The van der Waals surface area contributed by atoms with Crippen LogP contribution in [0.1, 0.15) is 29.5 Å². The number of aryl methyl sites for hydroxylation is 2. The van der Waals surface area contributed by atoms with Crippen LogP contribution in [0, 0.1) is 11.3 Å². The SMILES string of the molecule is N#CC(Cc1ccc2c(c1)CCc1ccccc1-2)NC(=O)C1(N)CCOCC1. The predicted molar refractivity (Wildman–Crippen MR) is 108 cm³/mol. The van der Waals surface area contributed by atoms with Gasteiger partial charge in [-0.1, -0.05) is 42.5 Å². The minimum atomic E-state index is -0.938. The molecular weight excluding hydrogens is 350 g/mol. The Morgan fingerprint density at radius 1 is 1.14 bits per heavy atom. The molecule has 2 aromatic carbocycles. The average molecular weight is 375 g/mol. The third-order valence-corrected chi connectivity index (χ3v) is 5.88. The first kappa shape index (κ1) is 18.7. The lowest BCUT2D eigenvalue weighted by molar-refractivity contribution is -0.130. The van der Waals surface area contributed by atoms with Crippen LogP contribution >= 0.6 is 0 Å². The van der Waals surface area contributed by atoms with E-state index in [2.05, 4.69) is 53.9 Å². The van der Waals surface area contributed by atoms with Gasteiger partial charge in [-0.05, 0) is 53.5 Å². The van der Waals surface area contributed by atoms with Crippen LogP contribution in [0.2, 0.25) is 0 Å². The topological polar surface area (TPSA) is 88.1 Å². The minimum absolute atomic E-state index is 0.255. The largest absolute Gasteiger partial charge is 0.381 e. The highest BCUT2D eigenvalue weighted by atomic mass is 16.5. The Balaban J connectivity index is 1.48. The molecule has 5 heteroatoms. The number of amides is 1. The van der Waals surface area contributed by atoms with Crippen LogP contribution in [0.25, 0.3) is 11.1 Å². The first-order valence-corrected chi connectivity index (χ1v) is 9.86. The van der Waals surface area contributed by atoms with Crippen molar-refractivity contribution >= 4 is 5.91 Å². The fourth-order valence-electron chi connectivity index (χ4n) is 4.14. The Bertz CT molecular complexity index is 926. The van der Waals surface area contributed by atoms with Gasteiger partial charge < -0.3 is 15.8 Å². The van der Waals surface area contributed by atoms with Gasteiger partial charge in [-0.25, -0.2) is 0 Å². The van der Waals surface area contributed by atoms with E-state index in [1.165, 1.54) is 22.3 Å². The van der Waals surface area contributed by atoms with Crippen LogP contribution < -0.4 is 11.1 Å². The molecule has 4 rings (SSSR count). The Kier molecular flexibility index (Phi) is 5.17. The van der Waals surface area contributed by atoms with E-state index in [4.69, 9.17) is 10.5 Å². The van der Waals surface area contributed by atoms with Crippen LogP contribution in [-0.2, 0) is 28.8 Å². The second kappa shape index (κ2) is 7.75. The molecule has 5 nitrogen and oxygen atoms in total. The molecule has 0 saturated carbocycles. The first-order chi connectivity index (χ1) is 13.6. The number of hydrogen-bond donors (Lipinski definition) is 2. The molecule has 1 saturated heterocycles. The lowest BCUT2D eigenvalue weighted by Gasteiger charge is -2.32. The molecule has 0 aromatic heterocycles. The standard InChI is InChI=1S/C23H25N3O2/c24-15-19(26-22(27)23(25)9-11-28-12-10-23)14-16-5-8-21-18(13-16)7-6-17-3-1-2-4-20(17)21/h1-5,8,13,19H,6-7,9-12,14,25H2,(H,26,27). The van der Waals surface area contributed by atoms with Gasteiger partial charge in [0, 0.05) is 19.6 Å². The molecular formula is C23H25N3O2. The van der Waals surface area contributed by atoms with Gasteiger partial charge in [0.15, 0.2) is 0 Å². The van der Waals surface area contributed by atoms with Gasteiger partial charge in [-0.3, -0.25) is 4.79 Å². The summed E-state index contributed by atoms with van der Waals surface area (Å²) in [5.41, 5.74) is 11.6. The van der Waals surface area contributed by atoms with E-state index >= 15 is 0 Å². The van der Waals surface area contributed by atoms with Crippen LogP contribution in [0.15, 0.2) is 42.5 Å². The zero-order valence-electron chi connectivity index (χ0n) is 15.9. The lowest BCUT2D eigenvalue weighted by Crippen LogP contribution is -2.58. The van der Waals surface area contributed by atoms with E-state index in [0.29, 0.717) is 32.5 Å². The first-order valence-electron chi connectivity index (χ1n) is 9.86. The molecule has 2 aromatic rings. The number of carbonyl (C=O) groups is 1. The maximum Gasteiger partial charge on any atom is 0.241 e. The summed E-state index contributed by atoms with van der Waals surface area (Å²) in [5.74, 6) is -0.255. The van der Waals surface area contributed by atoms with Crippen molar-refractivity contribution in [2.24, 2.45) is 5.73 Å². The number of nitrogens with zero attached hydrogens (tertiary/aromatic N) is 1. The van der Waals surface area contributed by atoms with Crippen molar-refractivity contribution in [1.29, 1.82) is 5.26 Å². The molecule has 1 amide bonds. The van der Waals surface area contributed by atoms with Crippen molar-refractivity contribution in [3.8, 4) is 17.2 Å². The molecule has 0 radical (unpaired) electrons. The monoisotopic (exact) mass is 375 g/mol. The Morgan fingerprint density at radius 3 is 2.64 bits per heavy atom. The van der Waals surface area contributed by atoms with Crippen molar-refractivity contribution in [2.75, 3.05) is 13.2 Å². The maximum absolute atomic E-state index is 12.6. The van der Waals surface area contributed by atoms with E-state index in [0.717, 1.165) is 18.4 Å². The summed E-state index contributed by atoms with van der Waals surface area (Å²) in [6.45, 7) is 0.959. The molecule has 1 atom stereocenters. The molecule has 1 aliphatic carbocycles. The van der Waals surface area contributed by atoms with Crippen molar-refractivity contribution in [1.82, 2.24) is 5.32 Å². The number of nitrogens with two attached hydrogens (primary N) is 1. The number of carbonyl (C=O) groups excluding carboxylic acids is 1. The van der Waals surface area contributed by atoms with Crippen molar-refractivity contribution in [3.63, 3.8) is 0 Å². The number of fused-ring (bicyclic) bond motifs is 3. The lowest BCUT2D eigenvalue weighted by atomic mass is 9.84. The van der Waals surface area contributed by atoms with Crippen molar-refractivity contribution in [2.45, 2.75) is 43.7 Å². The molecule has 0 bridgehead atoms. The van der Waals surface area contributed by atoms with E-state index in [1.54, 1.807) is 0 Å². The number of nitrogens with one attached hydrogen (secondary N) is 1. The van der Waals surface area contributed by atoms with Crippen LogP contribution in [0.4, 0.5) is 0 Å². The fourth-order valence-corrected chi connectivity index (χ4v) is 4.14. The Hall–Kier alpha value is -2.68. The second-order valence-electron chi connectivity index (χ2n) is 7.78. The van der Waals surface area contributed by atoms with Crippen LogP contribution in [0.5, 0.6) is 0 Å². The summed E-state index contributed by atoms with van der Waals surface area (Å²) >= 11 is 0. The number of ether oxygens (including phenoxy) is 1. The van der Waals surface area contributed by atoms with Crippen LogP contribution in [-0.4, -0.2) is 30.7 Å². The zero-order chi connectivity index (χ0) is 19.6. The highest BCUT2D eigenvalue weighted by Gasteiger charge is 2.36. The highest BCUT2D eigenvalue weighted by Crippen LogP contribution is 2.34. The summed E-state index contributed by atoms with van der Waals surface area (Å²) in [5, 5.41) is 12.4. The third-order valence-electron chi connectivity index (χ3n) is 5.88. The van der Waals surface area contributed by atoms with Crippen molar-refractivity contribution < 1.29 is 9.53 Å². The van der Waals surface area contributed by atoms with E-state index < -0.39 is 11.6 Å². The molecule has 3 N–H and O–H groups in total. The number of benzene rings is 2. The summed E-state index contributed by atoms with van der Waals surface area (Å²) < 4.78 is 5.29. The summed E-state index contributed by atoms with van der Waals surface area (Å²) in [4.78, 5) is 12.6. The Morgan fingerprint density at radius 2 is 1.86 bits per heavy atom. The molecule has 144 valence electrons. The third kappa shape index (κ3) is 3.66. The molecule has 28 heavy (non-hydrogen) atoms. The van der Waals surface area contributed by atoms with Gasteiger partial charge >= 0.3 is 0 Å². The van der Waals surface area contributed by atoms with Gasteiger partial charge in [0.2, 0.25) is 5.91 Å². The van der Waals surface area contributed by atoms with E-state index in [1.807, 2.05) is 0 Å². The van der Waals surface area contributed by atoms with Crippen LogP contribution in [0.3, 0.4) is 0 Å². The predicted octanol–water partition coefficient (Wildman–Crippen LogP) is 2.51. The van der Waals surface area contributed by atoms with E-state index in [9.17, 15) is 10.1 Å². The van der Waals surface area contributed by atoms with Gasteiger partial charge in [-0.2, -0.15) is 5.26 Å². The normalized spacial score (nSPS) is 18.3. The van der Waals surface area contributed by atoms with E-state index in [-0.39, 0.29) is 5.91 Å². The smallest absolute Gasteiger partial charge is 0.241 e. The zero-order valence-corrected chi connectivity index (χ0v) is 15.9. The summed E-state index contributed by atoms with van der Waals surface area (Å²) in [6.07, 6.45) is 3.46. The summed E-state index contributed by atoms with van der Waals surface area (Å²) in [7, 11) is 0.